The quantitative estimate of drug-likeness (QED) is 0.604. The van der Waals surface area contributed by atoms with Gasteiger partial charge in [0.15, 0.2) is 0 Å². The van der Waals surface area contributed by atoms with Crippen LogP contribution in [0.2, 0.25) is 0 Å². The number of halogens is 5. The summed E-state index contributed by atoms with van der Waals surface area (Å²) in [6.07, 6.45) is -4.29. The second-order valence-corrected chi connectivity index (χ2v) is 7.23. The standard InChI is InChI=1S/C17H14Br2F3NO3/c18-12-5-10(7-14(23)16(24)25)6-13(19)15(12)26-8-9-2-1-3-11(4-9)17(20,21)22/h1-6,14H,7-8,23H2,(H,24,25). The van der Waals surface area contributed by atoms with E-state index >= 15 is 0 Å². The van der Waals surface area contributed by atoms with Crippen molar-refractivity contribution in [1.82, 2.24) is 0 Å². The van der Waals surface area contributed by atoms with Gasteiger partial charge in [-0.15, -0.1) is 0 Å². The van der Waals surface area contributed by atoms with Gasteiger partial charge >= 0.3 is 12.1 Å². The molecule has 26 heavy (non-hydrogen) atoms. The Kier molecular flexibility index (Phi) is 6.70. The summed E-state index contributed by atoms with van der Waals surface area (Å²) in [7, 11) is 0. The van der Waals surface area contributed by atoms with E-state index in [1.165, 1.54) is 12.1 Å². The van der Waals surface area contributed by atoms with Crippen molar-refractivity contribution in [3.05, 3.63) is 62.0 Å². The Bertz CT molecular complexity index is 789. The average Bonchev–Trinajstić information content (AvgIpc) is 2.53. The molecule has 2 aromatic carbocycles. The smallest absolute Gasteiger partial charge is 0.416 e. The lowest BCUT2D eigenvalue weighted by atomic mass is 10.1. The van der Waals surface area contributed by atoms with E-state index in [-0.39, 0.29) is 13.0 Å². The van der Waals surface area contributed by atoms with Gasteiger partial charge in [-0.1, -0.05) is 12.1 Å². The predicted octanol–water partition coefficient (Wildman–Crippen LogP) is 4.76. The summed E-state index contributed by atoms with van der Waals surface area (Å²) >= 11 is 6.64. The van der Waals surface area contributed by atoms with E-state index in [4.69, 9.17) is 15.6 Å². The minimum atomic E-state index is -4.41. The molecule has 140 valence electrons. The first-order chi connectivity index (χ1) is 12.1. The third-order valence-corrected chi connectivity index (χ3v) is 4.65. The van der Waals surface area contributed by atoms with Crippen molar-refractivity contribution in [1.29, 1.82) is 0 Å². The molecular formula is C17H14Br2F3NO3. The fraction of sp³-hybridized carbons (Fsp3) is 0.235. The molecule has 0 saturated carbocycles. The molecule has 0 spiro atoms. The summed E-state index contributed by atoms with van der Waals surface area (Å²) in [5.41, 5.74) is 5.82. The molecule has 0 aromatic heterocycles. The highest BCUT2D eigenvalue weighted by molar-refractivity contribution is 9.11. The molecule has 0 amide bonds. The summed E-state index contributed by atoms with van der Waals surface area (Å²) in [6.45, 7) is -0.0604. The monoisotopic (exact) mass is 495 g/mol. The lowest BCUT2D eigenvalue weighted by molar-refractivity contribution is -0.139. The number of ether oxygens (including phenoxy) is 1. The number of alkyl halides is 3. The average molecular weight is 497 g/mol. The number of carboxylic acid groups (broad SMARTS) is 1. The molecule has 0 aliphatic carbocycles. The topological polar surface area (TPSA) is 72.5 Å². The van der Waals surface area contributed by atoms with Gasteiger partial charge in [0.25, 0.3) is 0 Å². The Morgan fingerprint density at radius 3 is 2.31 bits per heavy atom. The molecule has 0 fully saturated rings. The molecule has 0 aliphatic heterocycles. The van der Waals surface area contributed by atoms with Crippen LogP contribution in [0.1, 0.15) is 16.7 Å². The van der Waals surface area contributed by atoms with E-state index in [2.05, 4.69) is 31.9 Å². The van der Waals surface area contributed by atoms with Gasteiger partial charge in [0.05, 0.1) is 14.5 Å². The molecule has 0 aliphatic rings. The molecular weight excluding hydrogens is 483 g/mol. The van der Waals surface area contributed by atoms with Crippen molar-refractivity contribution in [2.45, 2.75) is 25.2 Å². The molecule has 4 nitrogen and oxygen atoms in total. The van der Waals surface area contributed by atoms with Crippen molar-refractivity contribution in [3.63, 3.8) is 0 Å². The minimum absolute atomic E-state index is 0.0604. The summed E-state index contributed by atoms with van der Waals surface area (Å²) < 4.78 is 45.0. The van der Waals surface area contributed by atoms with Crippen LogP contribution < -0.4 is 10.5 Å². The van der Waals surface area contributed by atoms with Gasteiger partial charge in [0.1, 0.15) is 18.4 Å². The Hall–Kier alpha value is -1.58. The summed E-state index contributed by atoms with van der Waals surface area (Å²) in [6, 6.07) is 7.17. The summed E-state index contributed by atoms with van der Waals surface area (Å²) in [5, 5.41) is 8.87. The number of hydrogen-bond acceptors (Lipinski definition) is 3. The molecule has 0 heterocycles. The SMILES string of the molecule is NC(Cc1cc(Br)c(OCc2cccc(C(F)(F)F)c2)c(Br)c1)C(=O)O. The highest BCUT2D eigenvalue weighted by Gasteiger charge is 2.30. The molecule has 0 saturated heterocycles. The number of nitrogens with two attached hydrogens (primary N) is 1. The lowest BCUT2D eigenvalue weighted by Crippen LogP contribution is -2.32. The highest BCUT2D eigenvalue weighted by Crippen LogP contribution is 2.36. The van der Waals surface area contributed by atoms with E-state index in [1.807, 2.05) is 0 Å². The second kappa shape index (κ2) is 8.41. The van der Waals surface area contributed by atoms with Crippen molar-refractivity contribution in [2.75, 3.05) is 0 Å². The third-order valence-electron chi connectivity index (χ3n) is 3.47. The molecule has 2 rings (SSSR count). The lowest BCUT2D eigenvalue weighted by Gasteiger charge is -2.14. The first kappa shape index (κ1) is 20.7. The van der Waals surface area contributed by atoms with Crippen LogP contribution in [0.25, 0.3) is 0 Å². The van der Waals surface area contributed by atoms with Crippen molar-refractivity contribution >= 4 is 37.8 Å². The molecule has 2 aromatic rings. The Balaban J connectivity index is 2.14. The van der Waals surface area contributed by atoms with Gasteiger partial charge in [0.2, 0.25) is 0 Å². The maximum Gasteiger partial charge on any atom is 0.416 e. The van der Waals surface area contributed by atoms with E-state index in [1.54, 1.807) is 12.1 Å². The zero-order valence-electron chi connectivity index (χ0n) is 13.2. The number of hydrogen-bond donors (Lipinski definition) is 2. The van der Waals surface area contributed by atoms with Crippen LogP contribution in [0.4, 0.5) is 13.2 Å². The Labute approximate surface area is 164 Å². The number of carbonyl (C=O) groups is 1. The highest BCUT2D eigenvalue weighted by atomic mass is 79.9. The van der Waals surface area contributed by atoms with Crippen LogP contribution in [-0.4, -0.2) is 17.1 Å². The van der Waals surface area contributed by atoms with Crippen molar-refractivity contribution < 1.29 is 27.8 Å². The number of benzene rings is 2. The fourth-order valence-corrected chi connectivity index (χ4v) is 3.71. The molecule has 0 bridgehead atoms. The van der Waals surface area contributed by atoms with Gasteiger partial charge in [-0.25, -0.2) is 0 Å². The minimum Gasteiger partial charge on any atom is -0.487 e. The Morgan fingerprint density at radius 2 is 1.77 bits per heavy atom. The zero-order valence-corrected chi connectivity index (χ0v) is 16.4. The number of carboxylic acids is 1. The van der Waals surface area contributed by atoms with Gasteiger partial charge in [0, 0.05) is 0 Å². The van der Waals surface area contributed by atoms with Gasteiger partial charge < -0.3 is 15.6 Å². The van der Waals surface area contributed by atoms with Crippen LogP contribution >= 0.6 is 31.9 Å². The van der Waals surface area contributed by atoms with E-state index in [0.717, 1.165) is 12.1 Å². The molecule has 0 radical (unpaired) electrons. The zero-order chi connectivity index (χ0) is 19.5. The fourth-order valence-electron chi connectivity index (χ4n) is 2.20. The number of rotatable bonds is 6. The number of aliphatic carboxylic acids is 1. The maximum atomic E-state index is 12.8. The molecule has 3 N–H and O–H groups in total. The van der Waals surface area contributed by atoms with E-state index in [9.17, 15) is 18.0 Å². The van der Waals surface area contributed by atoms with Crippen molar-refractivity contribution in [2.24, 2.45) is 5.73 Å². The normalized spacial score (nSPS) is 12.7. The van der Waals surface area contributed by atoms with E-state index in [0.29, 0.717) is 25.8 Å². The maximum absolute atomic E-state index is 12.8. The van der Waals surface area contributed by atoms with Gasteiger partial charge in [-0.3, -0.25) is 4.79 Å². The second-order valence-electron chi connectivity index (χ2n) is 5.52. The van der Waals surface area contributed by atoms with Crippen molar-refractivity contribution in [3.8, 4) is 5.75 Å². The van der Waals surface area contributed by atoms with E-state index < -0.39 is 23.8 Å². The summed E-state index contributed by atoms with van der Waals surface area (Å²) in [4.78, 5) is 10.8. The van der Waals surface area contributed by atoms with Crippen LogP contribution in [0.3, 0.4) is 0 Å². The molecule has 1 unspecified atom stereocenters. The van der Waals surface area contributed by atoms with Crippen LogP contribution in [0, 0.1) is 0 Å². The predicted molar refractivity (Wildman–Crippen MR) is 96.9 cm³/mol. The summed E-state index contributed by atoms with van der Waals surface area (Å²) in [5.74, 6) is -0.711. The largest absolute Gasteiger partial charge is 0.487 e. The van der Waals surface area contributed by atoms with Gasteiger partial charge in [-0.2, -0.15) is 13.2 Å². The first-order valence-corrected chi connectivity index (χ1v) is 8.91. The third kappa shape index (κ3) is 5.46. The Morgan fingerprint density at radius 1 is 1.15 bits per heavy atom. The molecule has 1 atom stereocenters. The van der Waals surface area contributed by atoms with Crippen LogP contribution in [0.5, 0.6) is 5.75 Å². The first-order valence-electron chi connectivity index (χ1n) is 7.33. The van der Waals surface area contributed by atoms with Crippen LogP contribution in [0.15, 0.2) is 45.3 Å². The van der Waals surface area contributed by atoms with Gasteiger partial charge in [-0.05, 0) is 73.7 Å². The van der Waals surface area contributed by atoms with Crippen LogP contribution in [-0.2, 0) is 24.0 Å². The molecule has 9 heteroatoms.